The third kappa shape index (κ3) is 3.30. The van der Waals surface area contributed by atoms with Crippen LogP contribution < -0.4 is 0 Å². The van der Waals surface area contributed by atoms with Gasteiger partial charge in [-0.2, -0.15) is 0 Å². The van der Waals surface area contributed by atoms with Gasteiger partial charge < -0.3 is 5.11 Å². The fraction of sp³-hybridized carbons (Fsp3) is 0.278. The summed E-state index contributed by atoms with van der Waals surface area (Å²) in [5.41, 5.74) is -0.981. The molecule has 0 saturated carbocycles. The molecular formula is C18H13F5N2O3. The van der Waals surface area contributed by atoms with Gasteiger partial charge in [0.05, 0.1) is 6.04 Å². The Morgan fingerprint density at radius 1 is 1.07 bits per heavy atom. The molecule has 0 radical (unpaired) electrons. The molecule has 1 amide bonds. The summed E-state index contributed by atoms with van der Waals surface area (Å²) in [5, 5.41) is 9.70. The lowest BCUT2D eigenvalue weighted by atomic mass is 9.80. The van der Waals surface area contributed by atoms with Crippen molar-refractivity contribution in [2.24, 2.45) is 0 Å². The molecule has 3 atom stereocenters. The molecule has 1 N–H and O–H groups in total. The van der Waals surface area contributed by atoms with E-state index in [0.717, 1.165) is 18.3 Å². The van der Waals surface area contributed by atoms with Gasteiger partial charge in [-0.3, -0.25) is 19.5 Å². The smallest absolute Gasteiger partial charge is 0.313 e. The lowest BCUT2D eigenvalue weighted by Crippen LogP contribution is -2.50. The third-order valence-corrected chi connectivity index (χ3v) is 4.49. The molecule has 0 aliphatic carbocycles. The Kier molecular flexibility index (Phi) is 5.30. The van der Waals surface area contributed by atoms with Gasteiger partial charge in [-0.15, -0.1) is 0 Å². The Morgan fingerprint density at radius 2 is 1.75 bits per heavy atom. The third-order valence-electron chi connectivity index (χ3n) is 4.49. The number of benzene rings is 1. The summed E-state index contributed by atoms with van der Waals surface area (Å²) in [4.78, 5) is 28.3. The fourth-order valence-electron chi connectivity index (χ4n) is 3.29. The number of hydrogen-bond donors (Lipinski definition) is 1. The van der Waals surface area contributed by atoms with E-state index < -0.39 is 48.7 Å². The highest BCUT2D eigenvalue weighted by molar-refractivity contribution is 6.00. The van der Waals surface area contributed by atoms with E-state index in [9.17, 15) is 36.6 Å². The highest BCUT2D eigenvalue weighted by Crippen LogP contribution is 2.44. The van der Waals surface area contributed by atoms with E-state index in [1.54, 1.807) is 0 Å². The van der Waals surface area contributed by atoms with Crippen LogP contribution in [0.3, 0.4) is 0 Å². The first-order valence-corrected chi connectivity index (χ1v) is 8.04. The van der Waals surface area contributed by atoms with Crippen molar-refractivity contribution in [2.75, 3.05) is 0 Å². The number of carbonyl (C=O) groups is 2. The highest BCUT2D eigenvalue weighted by atomic mass is 19.3. The molecule has 0 fully saturated rings. The van der Waals surface area contributed by atoms with E-state index in [2.05, 4.69) is 4.98 Å². The molecule has 148 valence electrons. The summed E-state index contributed by atoms with van der Waals surface area (Å²) >= 11 is 0. The quantitative estimate of drug-likeness (QED) is 0.610. The number of hydrogen-bond acceptors (Lipinski definition) is 3. The standard InChI is InChI=1S/C18H13F5N2O3/c19-14(20)11-6-5-8(7-24-11)13-12(18(27)28)9-3-1-2-4-10(9)17(26)25(13)16(23)15(21)22/h1-7,12-16H,(H,27,28). The number of aliphatic carboxylic acids is 1. The summed E-state index contributed by atoms with van der Waals surface area (Å²) in [6.07, 6.45) is -8.76. The fourth-order valence-corrected chi connectivity index (χ4v) is 3.29. The Bertz CT molecular complexity index is 891. The molecule has 1 aromatic carbocycles. The zero-order chi connectivity index (χ0) is 20.6. The van der Waals surface area contributed by atoms with Crippen LogP contribution in [0.2, 0.25) is 0 Å². The largest absolute Gasteiger partial charge is 0.481 e. The zero-order valence-corrected chi connectivity index (χ0v) is 14.0. The molecule has 1 aromatic heterocycles. The summed E-state index contributed by atoms with van der Waals surface area (Å²) in [7, 11) is 0. The van der Waals surface area contributed by atoms with E-state index >= 15 is 0 Å². The van der Waals surface area contributed by atoms with E-state index in [0.29, 0.717) is 0 Å². The number of carboxylic acids is 1. The first kappa shape index (κ1) is 19.7. The molecule has 3 rings (SSSR count). The molecule has 2 heterocycles. The molecule has 10 heteroatoms. The van der Waals surface area contributed by atoms with Gasteiger partial charge in [-0.05, 0) is 23.3 Å². The monoisotopic (exact) mass is 400 g/mol. The molecule has 2 aromatic rings. The normalized spacial score (nSPS) is 20.4. The second-order valence-electron chi connectivity index (χ2n) is 6.08. The number of nitrogens with zero attached hydrogens (tertiary/aromatic N) is 2. The predicted molar refractivity (Wildman–Crippen MR) is 85.8 cm³/mol. The average Bonchev–Trinajstić information content (AvgIpc) is 2.67. The predicted octanol–water partition coefficient (Wildman–Crippen LogP) is 3.95. The van der Waals surface area contributed by atoms with E-state index in [1.165, 1.54) is 24.3 Å². The second kappa shape index (κ2) is 7.53. The van der Waals surface area contributed by atoms with Gasteiger partial charge in [0, 0.05) is 11.8 Å². The Morgan fingerprint density at radius 3 is 2.29 bits per heavy atom. The average molecular weight is 400 g/mol. The Balaban J connectivity index is 2.21. The van der Waals surface area contributed by atoms with Crippen LogP contribution in [0.4, 0.5) is 22.0 Å². The zero-order valence-electron chi connectivity index (χ0n) is 14.0. The molecule has 5 nitrogen and oxygen atoms in total. The number of carbonyl (C=O) groups excluding carboxylic acids is 1. The van der Waals surface area contributed by atoms with Crippen molar-refractivity contribution in [2.45, 2.75) is 31.1 Å². The van der Waals surface area contributed by atoms with Crippen molar-refractivity contribution in [3.63, 3.8) is 0 Å². The van der Waals surface area contributed by atoms with E-state index in [4.69, 9.17) is 0 Å². The van der Waals surface area contributed by atoms with Crippen LogP contribution in [0.1, 0.15) is 45.6 Å². The number of fused-ring (bicyclic) bond motifs is 1. The SMILES string of the molecule is O=C(O)C1c2ccccc2C(=O)N(C(F)C(F)F)C1c1ccc(C(F)F)nc1. The van der Waals surface area contributed by atoms with Crippen molar-refractivity contribution in [3.8, 4) is 0 Å². The number of carboxylic acid groups (broad SMARTS) is 1. The Labute approximate surface area is 155 Å². The maximum absolute atomic E-state index is 14.4. The molecule has 0 saturated heterocycles. The van der Waals surface area contributed by atoms with Crippen molar-refractivity contribution < 1.29 is 36.6 Å². The topological polar surface area (TPSA) is 70.5 Å². The maximum atomic E-state index is 14.4. The summed E-state index contributed by atoms with van der Waals surface area (Å²) < 4.78 is 66.1. The minimum Gasteiger partial charge on any atom is -0.481 e. The van der Waals surface area contributed by atoms with Crippen molar-refractivity contribution in [1.29, 1.82) is 0 Å². The molecule has 1 aliphatic heterocycles. The maximum Gasteiger partial charge on any atom is 0.313 e. The van der Waals surface area contributed by atoms with Crippen LogP contribution in [0.25, 0.3) is 0 Å². The number of alkyl halides is 5. The number of rotatable bonds is 5. The molecule has 3 unspecified atom stereocenters. The molecule has 1 aliphatic rings. The van der Waals surface area contributed by atoms with Gasteiger partial charge in [0.25, 0.3) is 18.8 Å². The molecule has 0 spiro atoms. The van der Waals surface area contributed by atoms with Gasteiger partial charge in [0.15, 0.2) is 0 Å². The second-order valence-corrected chi connectivity index (χ2v) is 6.08. The van der Waals surface area contributed by atoms with E-state index in [1.807, 2.05) is 0 Å². The Hall–Kier alpha value is -3.04. The molecule has 28 heavy (non-hydrogen) atoms. The van der Waals surface area contributed by atoms with Crippen molar-refractivity contribution in [3.05, 3.63) is 65.0 Å². The summed E-state index contributed by atoms with van der Waals surface area (Å²) in [6, 6.07) is 5.60. The number of pyridine rings is 1. The first-order valence-electron chi connectivity index (χ1n) is 8.04. The first-order chi connectivity index (χ1) is 13.2. The minimum absolute atomic E-state index is 0.0145. The van der Waals surface area contributed by atoms with Crippen molar-refractivity contribution in [1.82, 2.24) is 9.88 Å². The van der Waals surface area contributed by atoms with Gasteiger partial charge >= 0.3 is 5.97 Å². The lowest BCUT2D eigenvalue weighted by molar-refractivity contribution is -0.142. The van der Waals surface area contributed by atoms with Gasteiger partial charge in [-0.25, -0.2) is 22.0 Å². The van der Waals surface area contributed by atoms with Crippen LogP contribution >= 0.6 is 0 Å². The highest BCUT2D eigenvalue weighted by Gasteiger charge is 2.49. The lowest BCUT2D eigenvalue weighted by Gasteiger charge is -2.41. The summed E-state index contributed by atoms with van der Waals surface area (Å²) in [6.45, 7) is 0. The number of halogens is 5. The molecular weight excluding hydrogens is 387 g/mol. The van der Waals surface area contributed by atoms with Gasteiger partial charge in [0.2, 0.25) is 6.30 Å². The minimum atomic E-state index is -3.60. The van der Waals surface area contributed by atoms with E-state index in [-0.39, 0.29) is 21.6 Å². The number of amides is 1. The van der Waals surface area contributed by atoms with Crippen LogP contribution in [-0.4, -0.2) is 39.6 Å². The van der Waals surface area contributed by atoms with Gasteiger partial charge in [-0.1, -0.05) is 24.3 Å². The van der Waals surface area contributed by atoms with Crippen LogP contribution in [0.5, 0.6) is 0 Å². The van der Waals surface area contributed by atoms with Crippen LogP contribution in [0, 0.1) is 0 Å². The van der Waals surface area contributed by atoms with Crippen LogP contribution in [-0.2, 0) is 4.79 Å². The summed E-state index contributed by atoms with van der Waals surface area (Å²) in [5.74, 6) is -4.21. The van der Waals surface area contributed by atoms with Gasteiger partial charge in [0.1, 0.15) is 11.6 Å². The molecule has 0 bridgehead atoms. The van der Waals surface area contributed by atoms with Crippen molar-refractivity contribution >= 4 is 11.9 Å². The number of aromatic nitrogens is 1. The van der Waals surface area contributed by atoms with Crippen LogP contribution in [0.15, 0.2) is 42.6 Å².